The van der Waals surface area contributed by atoms with Crippen molar-refractivity contribution in [2.75, 3.05) is 0 Å². The van der Waals surface area contributed by atoms with Crippen LogP contribution in [0.3, 0.4) is 0 Å². The Labute approximate surface area is 183 Å². The van der Waals surface area contributed by atoms with Crippen molar-refractivity contribution in [3.8, 4) is 5.75 Å². The molecule has 0 bridgehead atoms. The van der Waals surface area contributed by atoms with E-state index in [0.717, 1.165) is 21.3 Å². The van der Waals surface area contributed by atoms with Crippen molar-refractivity contribution < 1.29 is 9.53 Å². The molecule has 0 saturated carbocycles. The van der Waals surface area contributed by atoms with Gasteiger partial charge in [0, 0.05) is 10.0 Å². The number of fused-ring (bicyclic) bond motifs is 1. The largest absolute Gasteiger partial charge is 0.489 e. The van der Waals surface area contributed by atoms with E-state index in [9.17, 15) is 4.79 Å². The summed E-state index contributed by atoms with van der Waals surface area (Å²) in [7, 11) is 0. The summed E-state index contributed by atoms with van der Waals surface area (Å²) in [6, 6.07) is 29.2. The monoisotopic (exact) mass is 458 g/mol. The molecule has 30 heavy (non-hydrogen) atoms. The Bertz CT molecular complexity index is 1200. The highest BCUT2D eigenvalue weighted by Crippen LogP contribution is 2.21. The molecule has 0 heterocycles. The molecule has 1 N–H and O–H groups in total. The van der Waals surface area contributed by atoms with Crippen LogP contribution in [0.1, 0.15) is 21.5 Å². The van der Waals surface area contributed by atoms with Crippen molar-refractivity contribution in [2.45, 2.75) is 6.61 Å². The average molecular weight is 459 g/mol. The van der Waals surface area contributed by atoms with Crippen LogP contribution in [0, 0.1) is 0 Å². The predicted octanol–water partition coefficient (Wildman–Crippen LogP) is 5.95. The number of benzene rings is 4. The van der Waals surface area contributed by atoms with Crippen LogP contribution in [-0.2, 0) is 6.61 Å². The van der Waals surface area contributed by atoms with Crippen molar-refractivity contribution in [1.29, 1.82) is 0 Å². The number of hydrogen-bond acceptors (Lipinski definition) is 3. The summed E-state index contributed by atoms with van der Waals surface area (Å²) < 4.78 is 6.79. The summed E-state index contributed by atoms with van der Waals surface area (Å²) in [5, 5.41) is 6.43. The van der Waals surface area contributed by atoms with Crippen molar-refractivity contribution >= 4 is 38.8 Å². The van der Waals surface area contributed by atoms with Gasteiger partial charge in [0.05, 0.1) is 6.21 Å². The van der Waals surface area contributed by atoms with Gasteiger partial charge in [0.2, 0.25) is 0 Å². The number of carbonyl (C=O) groups excluding carboxylic acids is 1. The quantitative estimate of drug-likeness (QED) is 0.286. The van der Waals surface area contributed by atoms with Crippen molar-refractivity contribution in [3.05, 3.63) is 112 Å². The molecule has 0 fully saturated rings. The number of carbonyl (C=O) groups is 1. The van der Waals surface area contributed by atoms with Gasteiger partial charge in [-0.3, -0.25) is 4.79 Å². The van der Waals surface area contributed by atoms with E-state index in [2.05, 4.69) is 50.7 Å². The van der Waals surface area contributed by atoms with Gasteiger partial charge in [-0.05, 0) is 64.4 Å². The number of hydrazone groups is 1. The van der Waals surface area contributed by atoms with Gasteiger partial charge in [0.25, 0.3) is 5.91 Å². The lowest BCUT2D eigenvalue weighted by atomic mass is 10.1. The molecule has 0 spiro atoms. The fourth-order valence-corrected chi connectivity index (χ4v) is 3.49. The lowest BCUT2D eigenvalue weighted by Gasteiger charge is -2.09. The lowest BCUT2D eigenvalue weighted by molar-refractivity contribution is 0.0955. The minimum Gasteiger partial charge on any atom is -0.489 e. The smallest absolute Gasteiger partial charge is 0.271 e. The maximum Gasteiger partial charge on any atom is 0.271 e. The van der Waals surface area contributed by atoms with Crippen LogP contribution in [-0.4, -0.2) is 12.1 Å². The number of ether oxygens (including phenoxy) is 1. The molecule has 4 aromatic carbocycles. The first-order valence-electron chi connectivity index (χ1n) is 9.47. The zero-order valence-corrected chi connectivity index (χ0v) is 17.7. The number of amides is 1. The van der Waals surface area contributed by atoms with Gasteiger partial charge in [-0.25, -0.2) is 5.43 Å². The topological polar surface area (TPSA) is 50.7 Å². The Kier molecular flexibility index (Phi) is 6.20. The average Bonchev–Trinajstić information content (AvgIpc) is 2.78. The Morgan fingerprint density at radius 1 is 0.933 bits per heavy atom. The lowest BCUT2D eigenvalue weighted by Crippen LogP contribution is -2.17. The molecule has 0 saturated heterocycles. The number of rotatable bonds is 6. The van der Waals surface area contributed by atoms with Crippen molar-refractivity contribution in [1.82, 2.24) is 5.43 Å². The highest BCUT2D eigenvalue weighted by Gasteiger charge is 2.04. The second kappa shape index (κ2) is 9.37. The molecule has 0 radical (unpaired) electrons. The third-order valence-electron chi connectivity index (χ3n) is 4.62. The molecule has 0 aliphatic heterocycles. The van der Waals surface area contributed by atoms with E-state index in [0.29, 0.717) is 12.2 Å². The Morgan fingerprint density at radius 3 is 2.53 bits per heavy atom. The second-order valence-electron chi connectivity index (χ2n) is 6.71. The predicted molar refractivity (Wildman–Crippen MR) is 124 cm³/mol. The molecule has 0 aromatic heterocycles. The van der Waals surface area contributed by atoms with Gasteiger partial charge in [0.1, 0.15) is 12.4 Å². The van der Waals surface area contributed by atoms with Gasteiger partial charge in [-0.1, -0.05) is 64.5 Å². The number of nitrogens with one attached hydrogen (secondary N) is 1. The molecule has 5 heteroatoms. The number of nitrogens with zero attached hydrogens (tertiary/aromatic N) is 1. The number of halogens is 1. The molecule has 4 nitrogen and oxygen atoms in total. The Balaban J connectivity index is 1.35. The molecule has 0 unspecified atom stereocenters. The molecule has 0 atom stereocenters. The van der Waals surface area contributed by atoms with E-state index >= 15 is 0 Å². The summed E-state index contributed by atoms with van der Waals surface area (Å²) in [5.74, 6) is 0.515. The third-order valence-corrected chi connectivity index (χ3v) is 5.11. The third kappa shape index (κ3) is 4.93. The van der Waals surface area contributed by atoms with Gasteiger partial charge in [-0.2, -0.15) is 5.10 Å². The zero-order chi connectivity index (χ0) is 20.8. The summed E-state index contributed by atoms with van der Waals surface area (Å²) in [5.41, 5.74) is 5.08. The maximum absolute atomic E-state index is 12.1. The Hall–Kier alpha value is -3.44. The first-order chi connectivity index (χ1) is 14.7. The molecular weight excluding hydrogens is 440 g/mol. The van der Waals surface area contributed by atoms with E-state index in [1.165, 1.54) is 10.8 Å². The standard InChI is InChI=1S/C25H19BrN2O2/c26-22-9-4-7-20(15-22)25(29)28-27-16-18-11-13-23(14-12-18)30-17-21-8-3-6-19-5-1-2-10-24(19)21/h1-16H,17H2,(H,28,29)/b27-16-. The Morgan fingerprint density at radius 2 is 1.70 bits per heavy atom. The minimum absolute atomic E-state index is 0.261. The minimum atomic E-state index is -0.261. The summed E-state index contributed by atoms with van der Waals surface area (Å²) in [6.45, 7) is 0.498. The zero-order valence-electron chi connectivity index (χ0n) is 16.1. The molecule has 148 valence electrons. The van der Waals surface area contributed by atoms with Gasteiger partial charge < -0.3 is 4.74 Å². The van der Waals surface area contributed by atoms with Crippen LogP contribution in [0.2, 0.25) is 0 Å². The van der Waals surface area contributed by atoms with Crippen LogP contribution in [0.4, 0.5) is 0 Å². The molecule has 0 aliphatic rings. The molecule has 4 rings (SSSR count). The summed E-state index contributed by atoms with van der Waals surface area (Å²) in [6.07, 6.45) is 1.60. The fourth-order valence-electron chi connectivity index (χ4n) is 3.09. The van der Waals surface area contributed by atoms with E-state index in [4.69, 9.17) is 4.74 Å². The van der Waals surface area contributed by atoms with E-state index in [1.807, 2.05) is 48.5 Å². The normalized spacial score (nSPS) is 11.0. The van der Waals surface area contributed by atoms with Gasteiger partial charge in [-0.15, -0.1) is 0 Å². The van der Waals surface area contributed by atoms with Crippen LogP contribution < -0.4 is 10.2 Å². The van der Waals surface area contributed by atoms with E-state index in [-0.39, 0.29) is 5.91 Å². The van der Waals surface area contributed by atoms with Crippen LogP contribution in [0.5, 0.6) is 5.75 Å². The SMILES string of the molecule is O=C(N/N=C\c1ccc(OCc2cccc3ccccc23)cc1)c1cccc(Br)c1. The molecule has 1 amide bonds. The van der Waals surface area contributed by atoms with Crippen LogP contribution in [0.25, 0.3) is 10.8 Å². The van der Waals surface area contributed by atoms with E-state index in [1.54, 1.807) is 24.4 Å². The van der Waals surface area contributed by atoms with Gasteiger partial charge >= 0.3 is 0 Å². The highest BCUT2D eigenvalue weighted by atomic mass is 79.9. The van der Waals surface area contributed by atoms with Crippen molar-refractivity contribution in [2.24, 2.45) is 5.10 Å². The molecule has 4 aromatic rings. The number of hydrogen-bond donors (Lipinski definition) is 1. The van der Waals surface area contributed by atoms with Gasteiger partial charge in [0.15, 0.2) is 0 Å². The summed E-state index contributed by atoms with van der Waals surface area (Å²) in [4.78, 5) is 12.1. The van der Waals surface area contributed by atoms with Crippen molar-refractivity contribution in [3.63, 3.8) is 0 Å². The van der Waals surface area contributed by atoms with E-state index < -0.39 is 0 Å². The first kappa shape index (κ1) is 19.9. The first-order valence-corrected chi connectivity index (χ1v) is 10.3. The highest BCUT2D eigenvalue weighted by molar-refractivity contribution is 9.10. The van der Waals surface area contributed by atoms with Crippen LogP contribution >= 0.6 is 15.9 Å². The van der Waals surface area contributed by atoms with Crippen LogP contribution in [0.15, 0.2) is 101 Å². The molecular formula is C25H19BrN2O2. The second-order valence-corrected chi connectivity index (χ2v) is 7.62. The maximum atomic E-state index is 12.1. The summed E-state index contributed by atoms with van der Waals surface area (Å²) >= 11 is 3.35. The fraction of sp³-hybridized carbons (Fsp3) is 0.0400. The molecule has 0 aliphatic carbocycles.